The smallest absolute Gasteiger partial charge is 0.248 e. The molecule has 6 heteroatoms. The minimum Gasteiger partial charge on any atom is -0.550 e. The first-order valence-electron chi connectivity index (χ1n) is 7.07. The summed E-state index contributed by atoms with van der Waals surface area (Å²) in [6.07, 6.45) is 4.44. The van der Waals surface area contributed by atoms with Gasteiger partial charge in [-0.05, 0) is 42.5 Å². The molecule has 2 aliphatic rings. The van der Waals surface area contributed by atoms with Gasteiger partial charge in [-0.25, -0.2) is 0 Å². The van der Waals surface area contributed by atoms with Crippen molar-refractivity contribution in [2.75, 3.05) is 5.32 Å². The van der Waals surface area contributed by atoms with Gasteiger partial charge >= 0.3 is 0 Å². The lowest BCUT2D eigenvalue weighted by atomic mass is 9.82. The minimum atomic E-state index is -1.18. The van der Waals surface area contributed by atoms with E-state index in [-0.39, 0.29) is 17.7 Å². The van der Waals surface area contributed by atoms with Crippen molar-refractivity contribution in [1.82, 2.24) is 0 Å². The first kappa shape index (κ1) is 14.3. The maximum Gasteiger partial charge on any atom is 0.248 e. The number of nitrogens with two attached hydrogens (primary N) is 1. The van der Waals surface area contributed by atoms with Crippen LogP contribution in [0.2, 0.25) is 0 Å². The van der Waals surface area contributed by atoms with Crippen molar-refractivity contribution in [3.8, 4) is 0 Å². The number of carboxylic acid groups (broad SMARTS) is 1. The fourth-order valence-electron chi connectivity index (χ4n) is 3.44. The number of anilines is 1. The van der Waals surface area contributed by atoms with Gasteiger partial charge in [-0.2, -0.15) is 0 Å². The standard InChI is InChI=1S/C16H16N2O4/c17-14(19)8-3-5-11(6-4-8)18-15(20)12-9-1-2-10(7-9)13(12)16(21)22/h1-6,9-10,12-13H,7H2,(H2,17,19)(H,18,20)(H,21,22)/p-1/t9-,10-,12+,13-/m0/s1. The van der Waals surface area contributed by atoms with Gasteiger partial charge in [0.2, 0.25) is 11.8 Å². The summed E-state index contributed by atoms with van der Waals surface area (Å²) in [5.41, 5.74) is 5.99. The van der Waals surface area contributed by atoms with E-state index in [0.29, 0.717) is 17.7 Å². The molecule has 1 fully saturated rings. The second-order valence-corrected chi connectivity index (χ2v) is 5.75. The molecule has 1 aromatic carbocycles. The highest BCUT2D eigenvalue weighted by Crippen LogP contribution is 2.48. The summed E-state index contributed by atoms with van der Waals surface area (Å²) in [5, 5.41) is 14.0. The van der Waals surface area contributed by atoms with Crippen molar-refractivity contribution in [3.05, 3.63) is 42.0 Å². The topological polar surface area (TPSA) is 112 Å². The molecule has 2 amide bonds. The van der Waals surface area contributed by atoms with Crippen LogP contribution >= 0.6 is 0 Å². The summed E-state index contributed by atoms with van der Waals surface area (Å²) in [7, 11) is 0. The number of benzene rings is 1. The van der Waals surface area contributed by atoms with Gasteiger partial charge in [0.25, 0.3) is 0 Å². The number of hydrogen-bond donors (Lipinski definition) is 2. The predicted molar refractivity (Wildman–Crippen MR) is 76.3 cm³/mol. The third-order valence-corrected chi connectivity index (χ3v) is 4.47. The molecule has 0 saturated heterocycles. The molecule has 2 aliphatic carbocycles. The van der Waals surface area contributed by atoms with Gasteiger partial charge in [-0.3, -0.25) is 9.59 Å². The number of fused-ring (bicyclic) bond motifs is 2. The monoisotopic (exact) mass is 299 g/mol. The predicted octanol–water partition coefficient (Wildman–Crippen LogP) is -0.0878. The second-order valence-electron chi connectivity index (χ2n) is 5.75. The first-order valence-corrected chi connectivity index (χ1v) is 7.07. The molecular weight excluding hydrogens is 284 g/mol. The Bertz CT molecular complexity index is 665. The molecule has 0 aliphatic heterocycles. The number of carbonyl (C=O) groups excluding carboxylic acids is 3. The molecule has 0 spiro atoms. The lowest BCUT2D eigenvalue weighted by Crippen LogP contribution is -2.42. The SMILES string of the molecule is NC(=O)c1ccc(NC(=O)[C@H]2[C@@H](C(=O)[O-])[C@H]3C=C[C@H]2C3)cc1. The van der Waals surface area contributed by atoms with Crippen molar-refractivity contribution in [2.24, 2.45) is 29.4 Å². The average molecular weight is 299 g/mol. The van der Waals surface area contributed by atoms with Crippen LogP contribution in [-0.2, 0) is 9.59 Å². The molecule has 0 aromatic heterocycles. The fraction of sp³-hybridized carbons (Fsp3) is 0.312. The maximum atomic E-state index is 12.4. The van der Waals surface area contributed by atoms with E-state index >= 15 is 0 Å². The zero-order valence-corrected chi connectivity index (χ0v) is 11.7. The highest BCUT2D eigenvalue weighted by Gasteiger charge is 2.48. The number of amides is 2. The van der Waals surface area contributed by atoms with Gasteiger partial charge in [0.1, 0.15) is 0 Å². The second kappa shape index (κ2) is 5.29. The summed E-state index contributed by atoms with van der Waals surface area (Å²) in [6.45, 7) is 0. The van der Waals surface area contributed by atoms with Crippen LogP contribution in [0.25, 0.3) is 0 Å². The van der Waals surface area contributed by atoms with Crippen molar-refractivity contribution >= 4 is 23.5 Å². The van der Waals surface area contributed by atoms with Crippen molar-refractivity contribution in [3.63, 3.8) is 0 Å². The van der Waals surface area contributed by atoms with Crippen molar-refractivity contribution < 1.29 is 19.5 Å². The molecule has 2 bridgehead atoms. The Labute approximate surface area is 127 Å². The van der Waals surface area contributed by atoms with Crippen LogP contribution in [-0.4, -0.2) is 17.8 Å². The van der Waals surface area contributed by atoms with E-state index < -0.39 is 23.7 Å². The quantitative estimate of drug-likeness (QED) is 0.757. The first-order chi connectivity index (χ1) is 10.5. The van der Waals surface area contributed by atoms with Gasteiger partial charge in [-0.15, -0.1) is 0 Å². The van der Waals surface area contributed by atoms with Crippen LogP contribution in [0, 0.1) is 23.7 Å². The Morgan fingerprint density at radius 2 is 1.64 bits per heavy atom. The van der Waals surface area contributed by atoms with E-state index in [1.807, 2.05) is 12.2 Å². The Hall–Kier alpha value is -2.63. The minimum absolute atomic E-state index is 0.0576. The van der Waals surface area contributed by atoms with Crippen molar-refractivity contribution in [2.45, 2.75) is 6.42 Å². The zero-order valence-electron chi connectivity index (χ0n) is 11.7. The Balaban J connectivity index is 1.75. The summed E-state index contributed by atoms with van der Waals surface area (Å²) < 4.78 is 0. The molecule has 0 unspecified atom stereocenters. The van der Waals surface area contributed by atoms with Crippen LogP contribution < -0.4 is 16.2 Å². The number of nitrogens with one attached hydrogen (secondary N) is 1. The summed E-state index contributed by atoms with van der Waals surface area (Å²) >= 11 is 0. The normalized spacial score (nSPS) is 28.5. The Morgan fingerprint density at radius 3 is 2.18 bits per heavy atom. The van der Waals surface area contributed by atoms with Crippen LogP contribution in [0.4, 0.5) is 5.69 Å². The molecule has 3 N–H and O–H groups in total. The summed E-state index contributed by atoms with van der Waals surface area (Å²) in [6, 6.07) is 6.15. The van der Waals surface area contributed by atoms with Gasteiger partial charge in [0.05, 0.1) is 5.92 Å². The molecule has 0 radical (unpaired) electrons. The van der Waals surface area contributed by atoms with Crippen LogP contribution in [0.5, 0.6) is 0 Å². The molecule has 4 atom stereocenters. The van der Waals surface area contributed by atoms with Crippen LogP contribution in [0.15, 0.2) is 36.4 Å². The molecular formula is C16H15N2O4-. The fourth-order valence-corrected chi connectivity index (χ4v) is 3.44. The number of carboxylic acids is 1. The van der Waals surface area contributed by atoms with E-state index in [1.165, 1.54) is 12.1 Å². The van der Waals surface area contributed by atoms with Crippen molar-refractivity contribution in [1.29, 1.82) is 0 Å². The molecule has 3 rings (SSSR count). The highest BCUT2D eigenvalue weighted by molar-refractivity contribution is 5.97. The lowest BCUT2D eigenvalue weighted by molar-refractivity contribution is -0.313. The highest BCUT2D eigenvalue weighted by atomic mass is 16.4. The summed E-state index contributed by atoms with van der Waals surface area (Å²) in [4.78, 5) is 34.7. The number of aliphatic carboxylic acids is 1. The largest absolute Gasteiger partial charge is 0.550 e. The number of rotatable bonds is 4. The number of allylic oxidation sites excluding steroid dienone is 2. The summed E-state index contributed by atoms with van der Waals surface area (Å²) in [5.74, 6) is -3.64. The third kappa shape index (κ3) is 2.36. The van der Waals surface area contributed by atoms with E-state index in [9.17, 15) is 19.5 Å². The Morgan fingerprint density at radius 1 is 1.05 bits per heavy atom. The van der Waals surface area contributed by atoms with E-state index in [1.54, 1.807) is 12.1 Å². The molecule has 1 saturated carbocycles. The number of primary amides is 1. The molecule has 6 nitrogen and oxygen atoms in total. The number of carbonyl (C=O) groups is 3. The molecule has 1 aromatic rings. The number of hydrogen-bond acceptors (Lipinski definition) is 4. The van der Waals surface area contributed by atoms with E-state index in [0.717, 1.165) is 0 Å². The lowest BCUT2D eigenvalue weighted by Gasteiger charge is -2.27. The molecule has 22 heavy (non-hydrogen) atoms. The van der Waals surface area contributed by atoms with Crippen LogP contribution in [0.1, 0.15) is 16.8 Å². The van der Waals surface area contributed by atoms with E-state index in [4.69, 9.17) is 5.73 Å². The molecule has 114 valence electrons. The van der Waals surface area contributed by atoms with Gasteiger partial charge in [0.15, 0.2) is 0 Å². The molecule has 0 heterocycles. The average Bonchev–Trinajstić information content (AvgIpc) is 3.08. The third-order valence-electron chi connectivity index (χ3n) is 4.47. The maximum absolute atomic E-state index is 12.4. The van der Waals surface area contributed by atoms with Gasteiger partial charge in [-0.1, -0.05) is 12.2 Å². The zero-order chi connectivity index (χ0) is 15.9. The van der Waals surface area contributed by atoms with Gasteiger partial charge < -0.3 is 21.0 Å². The van der Waals surface area contributed by atoms with E-state index in [2.05, 4.69) is 5.32 Å². The van der Waals surface area contributed by atoms with Gasteiger partial charge in [0, 0.05) is 23.1 Å². The Kier molecular flexibility index (Phi) is 3.44. The van der Waals surface area contributed by atoms with Crippen LogP contribution in [0.3, 0.4) is 0 Å².